The molecule has 5 heteroatoms. The summed E-state index contributed by atoms with van der Waals surface area (Å²) in [6.45, 7) is 4.68. The number of hydrogen-bond acceptors (Lipinski definition) is 3. The van der Waals surface area contributed by atoms with E-state index in [1.807, 2.05) is 32.3 Å². The topological polar surface area (TPSA) is 59.3 Å². The molecule has 0 saturated carbocycles. The van der Waals surface area contributed by atoms with E-state index in [1.165, 1.54) is 0 Å². The van der Waals surface area contributed by atoms with Crippen molar-refractivity contribution >= 4 is 11.6 Å². The number of nitrogens with zero attached hydrogens (tertiary/aromatic N) is 3. The first-order valence-electron chi connectivity index (χ1n) is 6.76. The Kier molecular flexibility index (Phi) is 4.49. The van der Waals surface area contributed by atoms with Crippen molar-refractivity contribution in [3.63, 3.8) is 0 Å². The molecule has 0 bridgehead atoms. The zero-order valence-corrected chi connectivity index (χ0v) is 11.5. The van der Waals surface area contributed by atoms with Crippen LogP contribution < -0.4 is 5.32 Å². The first-order valence-corrected chi connectivity index (χ1v) is 6.76. The Morgan fingerprint density at radius 3 is 3.11 bits per heavy atom. The van der Waals surface area contributed by atoms with Gasteiger partial charge in [0, 0.05) is 31.4 Å². The Labute approximate surface area is 113 Å². The average Bonchev–Trinajstić information content (AvgIpc) is 2.74. The van der Waals surface area contributed by atoms with Crippen molar-refractivity contribution in [1.29, 1.82) is 0 Å². The Balaban J connectivity index is 1.83. The second-order valence-corrected chi connectivity index (χ2v) is 4.75. The summed E-state index contributed by atoms with van der Waals surface area (Å²) in [5, 5.41) is 7.25. The molecule has 1 N–H and O–H groups in total. The summed E-state index contributed by atoms with van der Waals surface area (Å²) in [6, 6.07) is 1.95. The van der Waals surface area contributed by atoms with Crippen LogP contribution in [0.5, 0.6) is 0 Å². The molecule has 2 aromatic rings. The molecule has 0 spiro atoms. The SMILES string of the molecule is CCCC(=O)NCCCc1cnc2cc(C)nn2c1. The van der Waals surface area contributed by atoms with Gasteiger partial charge in [0.25, 0.3) is 0 Å². The van der Waals surface area contributed by atoms with Crippen LogP contribution in [0.4, 0.5) is 0 Å². The first kappa shape index (κ1) is 13.5. The van der Waals surface area contributed by atoms with Crippen LogP contribution in [-0.2, 0) is 11.2 Å². The summed E-state index contributed by atoms with van der Waals surface area (Å²) in [5.41, 5.74) is 2.98. The summed E-state index contributed by atoms with van der Waals surface area (Å²) in [7, 11) is 0. The van der Waals surface area contributed by atoms with Crippen LogP contribution in [0.3, 0.4) is 0 Å². The van der Waals surface area contributed by atoms with Gasteiger partial charge in [0.05, 0.1) is 5.69 Å². The van der Waals surface area contributed by atoms with Gasteiger partial charge in [0.1, 0.15) is 0 Å². The Morgan fingerprint density at radius 1 is 1.47 bits per heavy atom. The van der Waals surface area contributed by atoms with Crippen molar-refractivity contribution in [3.05, 3.63) is 29.7 Å². The molecule has 0 atom stereocenters. The predicted octanol–water partition coefficient (Wildman–Crippen LogP) is 1.89. The highest BCUT2D eigenvalue weighted by molar-refractivity contribution is 5.75. The molecule has 0 radical (unpaired) electrons. The molecule has 0 aliphatic carbocycles. The average molecular weight is 260 g/mol. The van der Waals surface area contributed by atoms with Gasteiger partial charge in [-0.3, -0.25) is 4.79 Å². The molecule has 2 aromatic heterocycles. The highest BCUT2D eigenvalue weighted by atomic mass is 16.1. The molecule has 0 aliphatic rings. The Hall–Kier alpha value is -1.91. The number of aryl methyl sites for hydroxylation is 2. The number of amides is 1. The van der Waals surface area contributed by atoms with E-state index in [9.17, 15) is 4.79 Å². The molecular formula is C14H20N4O. The van der Waals surface area contributed by atoms with Crippen molar-refractivity contribution in [3.8, 4) is 0 Å². The van der Waals surface area contributed by atoms with Crippen LogP contribution >= 0.6 is 0 Å². The third-order valence-electron chi connectivity index (χ3n) is 2.93. The van der Waals surface area contributed by atoms with Gasteiger partial charge in [0.2, 0.25) is 5.91 Å². The summed E-state index contributed by atoms with van der Waals surface area (Å²) < 4.78 is 1.81. The molecule has 0 aliphatic heterocycles. The zero-order valence-electron chi connectivity index (χ0n) is 11.5. The molecule has 102 valence electrons. The van der Waals surface area contributed by atoms with Crippen molar-refractivity contribution < 1.29 is 4.79 Å². The second kappa shape index (κ2) is 6.31. The molecule has 0 fully saturated rings. The fraction of sp³-hybridized carbons (Fsp3) is 0.500. The number of aromatic nitrogens is 3. The number of fused-ring (bicyclic) bond motifs is 1. The maximum Gasteiger partial charge on any atom is 0.219 e. The van der Waals surface area contributed by atoms with Gasteiger partial charge < -0.3 is 5.32 Å². The van der Waals surface area contributed by atoms with Gasteiger partial charge in [-0.1, -0.05) is 6.92 Å². The van der Waals surface area contributed by atoms with E-state index in [2.05, 4.69) is 15.4 Å². The number of hydrogen-bond donors (Lipinski definition) is 1. The summed E-state index contributed by atoms with van der Waals surface area (Å²) in [4.78, 5) is 15.7. The van der Waals surface area contributed by atoms with E-state index in [4.69, 9.17) is 0 Å². The predicted molar refractivity (Wildman–Crippen MR) is 74.0 cm³/mol. The quantitative estimate of drug-likeness (QED) is 0.807. The normalized spacial score (nSPS) is 10.8. The maximum atomic E-state index is 11.3. The van der Waals surface area contributed by atoms with E-state index in [-0.39, 0.29) is 5.91 Å². The first-order chi connectivity index (χ1) is 9.19. The van der Waals surface area contributed by atoms with E-state index < -0.39 is 0 Å². The summed E-state index contributed by atoms with van der Waals surface area (Å²) in [5.74, 6) is 0.138. The largest absolute Gasteiger partial charge is 0.356 e. The van der Waals surface area contributed by atoms with Crippen LogP contribution in [0.25, 0.3) is 5.65 Å². The highest BCUT2D eigenvalue weighted by Gasteiger charge is 2.02. The monoisotopic (exact) mass is 260 g/mol. The van der Waals surface area contributed by atoms with Gasteiger partial charge in [-0.15, -0.1) is 0 Å². The molecule has 5 nitrogen and oxygen atoms in total. The fourth-order valence-electron chi connectivity index (χ4n) is 2.00. The highest BCUT2D eigenvalue weighted by Crippen LogP contribution is 2.06. The molecule has 19 heavy (non-hydrogen) atoms. The summed E-state index contributed by atoms with van der Waals surface area (Å²) in [6.07, 6.45) is 7.20. The van der Waals surface area contributed by atoms with Crippen molar-refractivity contribution in [2.45, 2.75) is 39.5 Å². The van der Waals surface area contributed by atoms with Crippen molar-refractivity contribution in [2.75, 3.05) is 6.54 Å². The van der Waals surface area contributed by atoms with Gasteiger partial charge in [-0.05, 0) is 31.7 Å². The standard InChI is InChI=1S/C14H20N4O/c1-3-5-14(19)15-7-4-6-12-9-16-13-8-11(2)17-18(13)10-12/h8-10H,3-7H2,1-2H3,(H,15,19). The Morgan fingerprint density at radius 2 is 2.32 bits per heavy atom. The lowest BCUT2D eigenvalue weighted by Gasteiger charge is -2.04. The van der Waals surface area contributed by atoms with Crippen LogP contribution in [-0.4, -0.2) is 27.0 Å². The minimum Gasteiger partial charge on any atom is -0.356 e. The summed E-state index contributed by atoms with van der Waals surface area (Å²) >= 11 is 0. The van der Waals surface area contributed by atoms with Crippen molar-refractivity contribution in [2.24, 2.45) is 0 Å². The van der Waals surface area contributed by atoms with Crippen molar-refractivity contribution in [1.82, 2.24) is 19.9 Å². The number of rotatable bonds is 6. The minimum atomic E-state index is 0.138. The molecule has 0 aromatic carbocycles. The Bertz CT molecular complexity index is 562. The molecule has 2 heterocycles. The van der Waals surface area contributed by atoms with Gasteiger partial charge in [0.15, 0.2) is 5.65 Å². The molecule has 2 rings (SSSR count). The number of nitrogens with one attached hydrogen (secondary N) is 1. The molecule has 0 saturated heterocycles. The number of carbonyl (C=O) groups is 1. The molecule has 0 unspecified atom stereocenters. The third-order valence-corrected chi connectivity index (χ3v) is 2.93. The van der Waals surface area contributed by atoms with E-state index in [0.717, 1.165) is 42.7 Å². The van der Waals surface area contributed by atoms with Crippen LogP contribution in [0.1, 0.15) is 37.4 Å². The van der Waals surface area contributed by atoms with Gasteiger partial charge in [-0.25, -0.2) is 9.50 Å². The molecule has 1 amide bonds. The lowest BCUT2D eigenvalue weighted by molar-refractivity contribution is -0.121. The van der Waals surface area contributed by atoms with Gasteiger partial charge >= 0.3 is 0 Å². The molecular weight excluding hydrogens is 240 g/mol. The fourth-order valence-corrected chi connectivity index (χ4v) is 2.00. The second-order valence-electron chi connectivity index (χ2n) is 4.75. The zero-order chi connectivity index (χ0) is 13.7. The lowest BCUT2D eigenvalue weighted by Crippen LogP contribution is -2.24. The maximum absolute atomic E-state index is 11.3. The van der Waals surface area contributed by atoms with Crippen LogP contribution in [0, 0.1) is 6.92 Å². The lowest BCUT2D eigenvalue weighted by atomic mass is 10.2. The third kappa shape index (κ3) is 3.77. The van der Waals surface area contributed by atoms with E-state index in [0.29, 0.717) is 6.42 Å². The van der Waals surface area contributed by atoms with E-state index in [1.54, 1.807) is 4.52 Å². The minimum absolute atomic E-state index is 0.138. The van der Waals surface area contributed by atoms with Gasteiger partial charge in [-0.2, -0.15) is 5.10 Å². The van der Waals surface area contributed by atoms with Crippen LogP contribution in [0.2, 0.25) is 0 Å². The van der Waals surface area contributed by atoms with Crippen LogP contribution in [0.15, 0.2) is 18.5 Å². The number of carbonyl (C=O) groups excluding carboxylic acids is 1. The smallest absolute Gasteiger partial charge is 0.219 e. The van der Waals surface area contributed by atoms with E-state index >= 15 is 0 Å².